The molecule has 21 heavy (non-hydrogen) atoms. The fraction of sp³-hybridized carbons (Fsp3) is 0.667. The number of amides is 1. The molecule has 1 atom stereocenters. The van der Waals surface area contributed by atoms with E-state index in [1.165, 1.54) is 0 Å². The highest BCUT2D eigenvalue weighted by molar-refractivity contribution is 5.97. The molecule has 6 heteroatoms. The van der Waals surface area contributed by atoms with Gasteiger partial charge in [-0.25, -0.2) is 9.97 Å². The lowest BCUT2D eigenvalue weighted by atomic mass is 10.2. The first kappa shape index (κ1) is 17.4. The summed E-state index contributed by atoms with van der Waals surface area (Å²) in [6, 6.07) is 0.0318. The molecule has 0 spiro atoms. The molecule has 1 aromatic rings. The molecular formula is C15H26N4O2. The molecule has 6 nitrogen and oxygen atoms in total. The molecule has 0 saturated carbocycles. The zero-order valence-corrected chi connectivity index (χ0v) is 13.6. The van der Waals surface area contributed by atoms with Crippen molar-refractivity contribution in [2.75, 3.05) is 25.6 Å². The van der Waals surface area contributed by atoms with Gasteiger partial charge in [0.05, 0.1) is 11.9 Å². The maximum atomic E-state index is 12.4. The number of ether oxygens (including phenoxy) is 1. The third kappa shape index (κ3) is 5.30. The molecule has 1 amide bonds. The van der Waals surface area contributed by atoms with Crippen molar-refractivity contribution in [1.82, 2.24) is 15.3 Å². The van der Waals surface area contributed by atoms with Crippen LogP contribution in [-0.2, 0) is 4.74 Å². The Morgan fingerprint density at radius 1 is 1.38 bits per heavy atom. The monoisotopic (exact) mass is 294 g/mol. The van der Waals surface area contributed by atoms with Crippen LogP contribution in [0.5, 0.6) is 0 Å². The second-order valence-corrected chi connectivity index (χ2v) is 5.33. The number of methoxy groups -OCH3 is 1. The third-order valence-corrected chi connectivity index (χ3v) is 3.04. The summed E-state index contributed by atoms with van der Waals surface area (Å²) in [5.41, 5.74) is 1.07. The predicted molar refractivity (Wildman–Crippen MR) is 83.7 cm³/mol. The van der Waals surface area contributed by atoms with Gasteiger partial charge in [0.25, 0.3) is 5.91 Å². The van der Waals surface area contributed by atoms with Crippen LogP contribution < -0.4 is 10.6 Å². The number of carbonyl (C=O) groups is 1. The Balaban J connectivity index is 2.91. The Morgan fingerprint density at radius 3 is 2.67 bits per heavy atom. The van der Waals surface area contributed by atoms with E-state index in [0.29, 0.717) is 30.4 Å². The maximum Gasteiger partial charge on any atom is 0.272 e. The van der Waals surface area contributed by atoms with Crippen LogP contribution in [0.25, 0.3) is 0 Å². The number of hydrogen-bond donors (Lipinski definition) is 2. The average molecular weight is 294 g/mol. The van der Waals surface area contributed by atoms with Crippen molar-refractivity contribution < 1.29 is 9.53 Å². The van der Waals surface area contributed by atoms with Crippen molar-refractivity contribution in [1.29, 1.82) is 0 Å². The van der Waals surface area contributed by atoms with Gasteiger partial charge in [0.2, 0.25) is 0 Å². The summed E-state index contributed by atoms with van der Waals surface area (Å²) in [6.45, 7) is 9.26. The molecule has 0 radical (unpaired) electrons. The van der Waals surface area contributed by atoms with Crippen molar-refractivity contribution in [3.8, 4) is 0 Å². The second kappa shape index (κ2) is 8.56. The molecule has 1 rings (SSSR count). The lowest BCUT2D eigenvalue weighted by Gasteiger charge is -2.16. The van der Waals surface area contributed by atoms with Crippen molar-refractivity contribution in [3.63, 3.8) is 0 Å². The van der Waals surface area contributed by atoms with Gasteiger partial charge in [0.15, 0.2) is 5.69 Å². The summed E-state index contributed by atoms with van der Waals surface area (Å²) in [5, 5.41) is 6.08. The summed E-state index contributed by atoms with van der Waals surface area (Å²) in [4.78, 5) is 21.1. The van der Waals surface area contributed by atoms with Gasteiger partial charge in [0, 0.05) is 32.2 Å². The Kier molecular flexibility index (Phi) is 7.08. The standard InChI is InChI=1S/C15H26N4O2/c1-6-16-12-9-17-14(10(2)3)19-13(12)15(20)18-11(4)7-8-21-5/h9-11,16H,6-8H2,1-5H3,(H,18,20). The fourth-order valence-corrected chi connectivity index (χ4v) is 1.83. The SMILES string of the molecule is CCNc1cnc(C(C)C)nc1C(=O)NC(C)CCOC. The fourth-order valence-electron chi connectivity index (χ4n) is 1.83. The number of anilines is 1. The Morgan fingerprint density at radius 2 is 2.10 bits per heavy atom. The molecule has 0 saturated heterocycles. The predicted octanol–water partition coefficient (Wildman–Crippen LogP) is 2.19. The van der Waals surface area contributed by atoms with E-state index in [2.05, 4.69) is 20.6 Å². The van der Waals surface area contributed by atoms with Crippen LogP contribution in [0.15, 0.2) is 6.20 Å². The van der Waals surface area contributed by atoms with E-state index in [-0.39, 0.29) is 17.9 Å². The Hall–Kier alpha value is -1.69. The topological polar surface area (TPSA) is 76.1 Å². The largest absolute Gasteiger partial charge is 0.385 e. The molecule has 1 unspecified atom stereocenters. The molecule has 1 heterocycles. The first-order valence-electron chi connectivity index (χ1n) is 7.40. The van der Waals surface area contributed by atoms with Crippen molar-refractivity contribution in [2.45, 2.75) is 46.1 Å². The van der Waals surface area contributed by atoms with Gasteiger partial charge in [-0.1, -0.05) is 13.8 Å². The smallest absolute Gasteiger partial charge is 0.272 e. The van der Waals surface area contributed by atoms with Crippen LogP contribution in [0, 0.1) is 0 Å². The van der Waals surface area contributed by atoms with Gasteiger partial charge in [-0.3, -0.25) is 4.79 Å². The minimum atomic E-state index is -0.182. The highest BCUT2D eigenvalue weighted by Gasteiger charge is 2.17. The molecule has 0 fully saturated rings. The molecule has 0 aliphatic rings. The highest BCUT2D eigenvalue weighted by atomic mass is 16.5. The van der Waals surface area contributed by atoms with E-state index in [9.17, 15) is 4.79 Å². The van der Waals surface area contributed by atoms with Gasteiger partial charge in [-0.2, -0.15) is 0 Å². The molecule has 2 N–H and O–H groups in total. The van der Waals surface area contributed by atoms with Crippen molar-refractivity contribution in [2.24, 2.45) is 0 Å². The second-order valence-electron chi connectivity index (χ2n) is 5.33. The van der Waals surface area contributed by atoms with Gasteiger partial charge in [-0.15, -0.1) is 0 Å². The number of hydrogen-bond acceptors (Lipinski definition) is 5. The summed E-state index contributed by atoms with van der Waals surface area (Å²) in [6.07, 6.45) is 2.45. The van der Waals surface area contributed by atoms with Crippen LogP contribution in [-0.4, -0.2) is 42.2 Å². The minimum absolute atomic E-state index is 0.0318. The summed E-state index contributed by atoms with van der Waals surface area (Å²) in [7, 11) is 1.65. The molecule has 1 aromatic heterocycles. The van der Waals surface area contributed by atoms with Crippen LogP contribution in [0.3, 0.4) is 0 Å². The van der Waals surface area contributed by atoms with Gasteiger partial charge >= 0.3 is 0 Å². The number of carbonyl (C=O) groups excluding carboxylic acids is 1. The van der Waals surface area contributed by atoms with E-state index in [1.54, 1.807) is 13.3 Å². The third-order valence-electron chi connectivity index (χ3n) is 3.04. The van der Waals surface area contributed by atoms with Crippen LogP contribution in [0.4, 0.5) is 5.69 Å². The van der Waals surface area contributed by atoms with E-state index >= 15 is 0 Å². The summed E-state index contributed by atoms with van der Waals surface area (Å²) < 4.78 is 5.02. The minimum Gasteiger partial charge on any atom is -0.385 e. The van der Waals surface area contributed by atoms with E-state index in [0.717, 1.165) is 6.42 Å². The number of aromatic nitrogens is 2. The first-order chi connectivity index (χ1) is 9.99. The molecule has 0 bridgehead atoms. The van der Waals surface area contributed by atoms with Crippen LogP contribution >= 0.6 is 0 Å². The lowest BCUT2D eigenvalue weighted by molar-refractivity contribution is 0.0925. The lowest BCUT2D eigenvalue weighted by Crippen LogP contribution is -2.34. The Labute approximate surface area is 126 Å². The number of rotatable bonds is 8. The van der Waals surface area contributed by atoms with E-state index in [1.807, 2.05) is 27.7 Å². The summed E-state index contributed by atoms with van der Waals surface area (Å²) in [5.74, 6) is 0.670. The van der Waals surface area contributed by atoms with E-state index < -0.39 is 0 Å². The number of nitrogens with zero attached hydrogens (tertiary/aromatic N) is 2. The van der Waals surface area contributed by atoms with E-state index in [4.69, 9.17) is 4.74 Å². The van der Waals surface area contributed by atoms with Crippen molar-refractivity contribution in [3.05, 3.63) is 17.7 Å². The first-order valence-corrected chi connectivity index (χ1v) is 7.40. The number of nitrogens with one attached hydrogen (secondary N) is 2. The maximum absolute atomic E-state index is 12.4. The Bertz CT molecular complexity index is 463. The molecule has 0 aliphatic carbocycles. The quantitative estimate of drug-likeness (QED) is 0.768. The summed E-state index contributed by atoms with van der Waals surface area (Å²) >= 11 is 0. The molecule has 0 aromatic carbocycles. The zero-order valence-electron chi connectivity index (χ0n) is 13.6. The van der Waals surface area contributed by atoms with Crippen LogP contribution in [0.2, 0.25) is 0 Å². The van der Waals surface area contributed by atoms with Gasteiger partial charge in [0.1, 0.15) is 5.82 Å². The zero-order chi connectivity index (χ0) is 15.8. The molecular weight excluding hydrogens is 268 g/mol. The normalized spacial score (nSPS) is 12.3. The molecule has 118 valence electrons. The highest BCUT2D eigenvalue weighted by Crippen LogP contribution is 2.16. The van der Waals surface area contributed by atoms with Gasteiger partial charge < -0.3 is 15.4 Å². The van der Waals surface area contributed by atoms with Crippen molar-refractivity contribution >= 4 is 11.6 Å². The van der Waals surface area contributed by atoms with Crippen LogP contribution in [0.1, 0.15) is 56.3 Å². The average Bonchev–Trinajstić information content (AvgIpc) is 2.45. The van der Waals surface area contributed by atoms with Gasteiger partial charge in [-0.05, 0) is 20.3 Å². The molecule has 0 aliphatic heterocycles.